The first-order valence-corrected chi connectivity index (χ1v) is 10.8. The van der Waals surface area contributed by atoms with Gasteiger partial charge in [0.25, 0.3) is 0 Å². The molecule has 0 N–H and O–H groups in total. The van der Waals surface area contributed by atoms with Crippen LogP contribution in [0.3, 0.4) is 0 Å². The Hall–Kier alpha value is -2.07. The molecular weight excluding hydrogens is 342 g/mol. The second-order valence-electron chi connectivity index (χ2n) is 6.94. The molecular formula is C22H27NO2S. The van der Waals surface area contributed by atoms with Crippen LogP contribution in [0.5, 0.6) is 0 Å². The van der Waals surface area contributed by atoms with Crippen molar-refractivity contribution >= 4 is 9.84 Å². The highest BCUT2D eigenvalue weighted by atomic mass is 32.2. The zero-order chi connectivity index (χ0) is 18.6. The molecule has 0 aromatic heterocycles. The molecule has 0 amide bonds. The Balaban J connectivity index is 2.05. The van der Waals surface area contributed by atoms with E-state index in [0.29, 0.717) is 22.3 Å². The van der Waals surface area contributed by atoms with Crippen molar-refractivity contribution in [1.29, 1.82) is 0 Å². The number of benzene rings is 2. The Kier molecular flexibility index (Phi) is 5.82. The lowest BCUT2D eigenvalue weighted by Crippen LogP contribution is -2.37. The van der Waals surface area contributed by atoms with Crippen LogP contribution in [-0.4, -0.2) is 19.4 Å². The Morgan fingerprint density at radius 1 is 1.00 bits per heavy atom. The molecule has 26 heavy (non-hydrogen) atoms. The molecule has 1 aliphatic heterocycles. The van der Waals surface area contributed by atoms with Crippen LogP contribution >= 0.6 is 0 Å². The summed E-state index contributed by atoms with van der Waals surface area (Å²) in [7, 11) is -3.44. The summed E-state index contributed by atoms with van der Waals surface area (Å²) in [5.41, 5.74) is 2.21. The smallest absolute Gasteiger partial charge is 0.204 e. The molecule has 3 rings (SSSR count). The fourth-order valence-corrected chi connectivity index (χ4v) is 5.36. The maximum Gasteiger partial charge on any atom is 0.204 e. The van der Waals surface area contributed by atoms with Crippen molar-refractivity contribution in [2.24, 2.45) is 0 Å². The molecule has 0 saturated carbocycles. The van der Waals surface area contributed by atoms with Crippen LogP contribution in [0.1, 0.15) is 45.1 Å². The van der Waals surface area contributed by atoms with Crippen LogP contribution in [0, 0.1) is 0 Å². The van der Waals surface area contributed by atoms with Gasteiger partial charge in [-0.2, -0.15) is 0 Å². The minimum absolute atomic E-state index is 0.339. The number of nitrogens with zero attached hydrogens (tertiary/aromatic N) is 1. The molecule has 138 valence electrons. The van der Waals surface area contributed by atoms with E-state index < -0.39 is 9.84 Å². The summed E-state index contributed by atoms with van der Waals surface area (Å²) in [4.78, 5) is 3.32. The van der Waals surface area contributed by atoms with Gasteiger partial charge in [-0.05, 0) is 43.9 Å². The van der Waals surface area contributed by atoms with E-state index in [1.54, 1.807) is 24.3 Å². The monoisotopic (exact) mass is 369 g/mol. The molecule has 3 nitrogen and oxygen atoms in total. The summed E-state index contributed by atoms with van der Waals surface area (Å²) in [5, 5.41) is 0. The van der Waals surface area contributed by atoms with Crippen molar-refractivity contribution < 1.29 is 8.42 Å². The van der Waals surface area contributed by atoms with Gasteiger partial charge in [-0.15, -0.1) is 0 Å². The summed E-state index contributed by atoms with van der Waals surface area (Å²) in [6.07, 6.45) is 3.21. The molecule has 1 heterocycles. The minimum atomic E-state index is -3.44. The SMILES string of the molecule is CCCC1=C(S(=O)(=O)c2ccccc2)CCC(C)N1Cc1ccccc1. The van der Waals surface area contributed by atoms with Gasteiger partial charge in [0.05, 0.1) is 9.80 Å². The average Bonchev–Trinajstić information content (AvgIpc) is 2.66. The summed E-state index contributed by atoms with van der Waals surface area (Å²) < 4.78 is 26.6. The van der Waals surface area contributed by atoms with E-state index in [0.717, 1.165) is 31.5 Å². The third kappa shape index (κ3) is 3.85. The summed E-state index contributed by atoms with van der Waals surface area (Å²) >= 11 is 0. The predicted molar refractivity (Wildman–Crippen MR) is 106 cm³/mol. The quantitative estimate of drug-likeness (QED) is 0.706. The lowest BCUT2D eigenvalue weighted by molar-refractivity contribution is 0.222. The maximum absolute atomic E-state index is 13.3. The second-order valence-corrected chi connectivity index (χ2v) is 8.91. The van der Waals surface area contributed by atoms with Crippen LogP contribution in [0.2, 0.25) is 0 Å². The van der Waals surface area contributed by atoms with Gasteiger partial charge in [0, 0.05) is 18.3 Å². The van der Waals surface area contributed by atoms with Crippen molar-refractivity contribution in [3.63, 3.8) is 0 Å². The average molecular weight is 370 g/mol. The van der Waals surface area contributed by atoms with Gasteiger partial charge < -0.3 is 4.90 Å². The molecule has 1 atom stereocenters. The lowest BCUT2D eigenvalue weighted by Gasteiger charge is -2.39. The van der Waals surface area contributed by atoms with Crippen LogP contribution in [0.4, 0.5) is 0 Å². The fourth-order valence-electron chi connectivity index (χ4n) is 3.65. The number of allylic oxidation sites excluding steroid dienone is 2. The molecule has 0 radical (unpaired) electrons. The predicted octanol–water partition coefficient (Wildman–Crippen LogP) is 5.16. The highest BCUT2D eigenvalue weighted by Crippen LogP contribution is 2.36. The highest BCUT2D eigenvalue weighted by Gasteiger charge is 2.32. The molecule has 0 bridgehead atoms. The molecule has 2 aromatic rings. The third-order valence-electron chi connectivity index (χ3n) is 5.05. The van der Waals surface area contributed by atoms with Crippen LogP contribution in [-0.2, 0) is 16.4 Å². The van der Waals surface area contributed by atoms with Gasteiger partial charge in [-0.3, -0.25) is 0 Å². The number of hydrogen-bond acceptors (Lipinski definition) is 3. The zero-order valence-electron chi connectivity index (χ0n) is 15.6. The van der Waals surface area contributed by atoms with Crippen LogP contribution < -0.4 is 0 Å². The van der Waals surface area contributed by atoms with Crippen molar-refractivity contribution in [3.8, 4) is 0 Å². The topological polar surface area (TPSA) is 37.4 Å². The van der Waals surface area contributed by atoms with Crippen molar-refractivity contribution in [2.45, 2.75) is 57.0 Å². The van der Waals surface area contributed by atoms with E-state index in [4.69, 9.17) is 0 Å². The molecule has 0 saturated heterocycles. The van der Waals surface area contributed by atoms with Gasteiger partial charge in [0.15, 0.2) is 0 Å². The molecule has 0 aliphatic carbocycles. The number of rotatable bonds is 6. The summed E-state index contributed by atoms with van der Waals surface area (Å²) in [6.45, 7) is 5.06. The van der Waals surface area contributed by atoms with Crippen molar-refractivity contribution in [1.82, 2.24) is 4.90 Å². The normalized spacial score (nSPS) is 18.2. The summed E-state index contributed by atoms with van der Waals surface area (Å²) in [5.74, 6) is 0. The Labute approximate surface area is 157 Å². The maximum atomic E-state index is 13.3. The largest absolute Gasteiger partial charge is 0.367 e. The van der Waals surface area contributed by atoms with E-state index in [9.17, 15) is 8.42 Å². The number of sulfone groups is 1. The zero-order valence-corrected chi connectivity index (χ0v) is 16.4. The number of hydrogen-bond donors (Lipinski definition) is 0. The van der Waals surface area contributed by atoms with Crippen molar-refractivity contribution in [2.75, 3.05) is 0 Å². The van der Waals surface area contributed by atoms with Crippen molar-refractivity contribution in [3.05, 3.63) is 76.8 Å². The molecule has 4 heteroatoms. The van der Waals surface area contributed by atoms with Gasteiger partial charge in [-0.25, -0.2) is 8.42 Å². The van der Waals surface area contributed by atoms with Gasteiger partial charge >= 0.3 is 0 Å². The molecule has 1 aliphatic rings. The first-order chi connectivity index (χ1) is 12.5. The second kappa shape index (κ2) is 8.09. The third-order valence-corrected chi connectivity index (χ3v) is 7.03. The first kappa shape index (κ1) is 18.7. The Morgan fingerprint density at radius 3 is 2.23 bits per heavy atom. The van der Waals surface area contributed by atoms with Crippen LogP contribution in [0.25, 0.3) is 0 Å². The summed E-state index contributed by atoms with van der Waals surface area (Å²) in [6, 6.07) is 19.5. The highest BCUT2D eigenvalue weighted by molar-refractivity contribution is 7.95. The molecule has 0 spiro atoms. The van der Waals surface area contributed by atoms with Crippen LogP contribution in [0.15, 0.2) is 76.2 Å². The minimum Gasteiger partial charge on any atom is -0.367 e. The molecule has 0 fully saturated rings. The standard InChI is InChI=1S/C22H27NO2S/c1-3-10-21-22(26(24,25)20-13-8-5-9-14-20)16-15-18(2)23(21)17-19-11-6-4-7-12-19/h4-9,11-14,18H,3,10,15-17H2,1-2H3. The lowest BCUT2D eigenvalue weighted by atomic mass is 10.0. The van der Waals surface area contributed by atoms with Gasteiger partial charge in [-0.1, -0.05) is 61.9 Å². The first-order valence-electron chi connectivity index (χ1n) is 9.36. The van der Waals surface area contributed by atoms with E-state index >= 15 is 0 Å². The molecule has 2 aromatic carbocycles. The molecule has 1 unspecified atom stereocenters. The van der Waals surface area contributed by atoms with E-state index in [-0.39, 0.29) is 0 Å². The van der Waals surface area contributed by atoms with Gasteiger partial charge in [0.1, 0.15) is 0 Å². The Bertz CT molecular complexity index is 858. The van der Waals surface area contributed by atoms with Gasteiger partial charge in [0.2, 0.25) is 9.84 Å². The Morgan fingerprint density at radius 2 is 1.62 bits per heavy atom. The van der Waals surface area contributed by atoms with E-state index in [1.807, 2.05) is 24.3 Å². The van der Waals surface area contributed by atoms with E-state index in [2.05, 4.69) is 30.9 Å². The fraction of sp³-hybridized carbons (Fsp3) is 0.364. The van der Waals surface area contributed by atoms with E-state index in [1.165, 1.54) is 5.56 Å².